The Labute approximate surface area is 139 Å². The fourth-order valence-corrected chi connectivity index (χ4v) is 2.72. The molecule has 1 heterocycles. The van der Waals surface area contributed by atoms with E-state index in [-0.39, 0.29) is 5.56 Å². The molecule has 3 rings (SSSR count). The molecular formula is C17H11F3N2OS. The van der Waals surface area contributed by atoms with Crippen molar-refractivity contribution < 1.29 is 18.0 Å². The van der Waals surface area contributed by atoms with Gasteiger partial charge in [-0.25, -0.2) is 0 Å². The van der Waals surface area contributed by atoms with Crippen LogP contribution in [0.25, 0.3) is 10.4 Å². The third kappa shape index (κ3) is 3.62. The van der Waals surface area contributed by atoms with Gasteiger partial charge in [0.15, 0.2) is 0 Å². The molecule has 3 nitrogen and oxygen atoms in total. The van der Waals surface area contributed by atoms with Crippen LogP contribution < -0.4 is 5.32 Å². The van der Waals surface area contributed by atoms with Crippen LogP contribution in [0, 0.1) is 0 Å². The summed E-state index contributed by atoms with van der Waals surface area (Å²) in [5, 5.41) is 2.66. The molecule has 0 bridgehead atoms. The van der Waals surface area contributed by atoms with Crippen molar-refractivity contribution in [1.29, 1.82) is 0 Å². The third-order valence-electron chi connectivity index (χ3n) is 3.33. The van der Waals surface area contributed by atoms with Crippen molar-refractivity contribution in [3.8, 4) is 10.4 Å². The molecule has 24 heavy (non-hydrogen) atoms. The smallest absolute Gasteiger partial charge is 0.322 e. The number of halogens is 3. The van der Waals surface area contributed by atoms with Gasteiger partial charge in [-0.05, 0) is 42.0 Å². The topological polar surface area (TPSA) is 42.0 Å². The summed E-state index contributed by atoms with van der Waals surface area (Å²) in [7, 11) is 0. The summed E-state index contributed by atoms with van der Waals surface area (Å²) in [5.41, 5.74) is 2.65. The summed E-state index contributed by atoms with van der Waals surface area (Å²) in [6, 6.07) is 11.2. The molecule has 0 radical (unpaired) electrons. The molecule has 0 aliphatic carbocycles. The normalized spacial score (nSPS) is 11.3. The van der Waals surface area contributed by atoms with Gasteiger partial charge in [0.05, 0.1) is 16.0 Å². The number of benzene rings is 2. The molecule has 1 amide bonds. The van der Waals surface area contributed by atoms with E-state index < -0.39 is 17.6 Å². The van der Waals surface area contributed by atoms with E-state index in [2.05, 4.69) is 10.3 Å². The summed E-state index contributed by atoms with van der Waals surface area (Å²) in [4.78, 5) is 17.1. The lowest BCUT2D eigenvalue weighted by molar-refractivity contribution is -0.137. The van der Waals surface area contributed by atoms with E-state index in [1.54, 1.807) is 23.8 Å². The van der Waals surface area contributed by atoms with E-state index in [0.29, 0.717) is 5.69 Å². The van der Waals surface area contributed by atoms with Crippen LogP contribution in [0.4, 0.5) is 18.9 Å². The second-order valence-corrected chi connectivity index (χ2v) is 5.86. The van der Waals surface area contributed by atoms with Crippen molar-refractivity contribution in [2.24, 2.45) is 0 Å². The lowest BCUT2D eigenvalue weighted by atomic mass is 10.1. The zero-order chi connectivity index (χ0) is 17.2. The third-order valence-corrected chi connectivity index (χ3v) is 4.16. The molecule has 2 aromatic carbocycles. The molecule has 0 atom stereocenters. The molecule has 3 aromatic rings. The maximum atomic E-state index is 12.5. The quantitative estimate of drug-likeness (QED) is 0.717. The first kappa shape index (κ1) is 16.2. The minimum atomic E-state index is -4.42. The van der Waals surface area contributed by atoms with E-state index in [4.69, 9.17) is 0 Å². The zero-order valence-corrected chi connectivity index (χ0v) is 13.0. The van der Waals surface area contributed by atoms with E-state index in [1.165, 1.54) is 11.3 Å². The van der Waals surface area contributed by atoms with Gasteiger partial charge < -0.3 is 5.32 Å². The van der Waals surface area contributed by atoms with Crippen LogP contribution in [-0.4, -0.2) is 10.9 Å². The number of thiazole rings is 1. The van der Waals surface area contributed by atoms with Gasteiger partial charge in [0.25, 0.3) is 5.91 Å². The summed E-state index contributed by atoms with van der Waals surface area (Å²) < 4.78 is 37.6. The lowest BCUT2D eigenvalue weighted by Crippen LogP contribution is -2.12. The number of nitrogens with one attached hydrogen (secondary N) is 1. The summed E-state index contributed by atoms with van der Waals surface area (Å²) in [6.07, 6.45) is -2.66. The Morgan fingerprint density at radius 3 is 2.21 bits per heavy atom. The van der Waals surface area contributed by atoms with E-state index >= 15 is 0 Å². The average molecular weight is 348 g/mol. The second-order valence-electron chi connectivity index (χ2n) is 4.97. The van der Waals surface area contributed by atoms with Crippen molar-refractivity contribution in [2.75, 3.05) is 5.32 Å². The monoisotopic (exact) mass is 348 g/mol. The predicted octanol–water partition coefficient (Wildman–Crippen LogP) is 5.08. The van der Waals surface area contributed by atoms with Gasteiger partial charge in [-0.3, -0.25) is 9.78 Å². The number of amides is 1. The molecule has 0 spiro atoms. The van der Waals surface area contributed by atoms with Crippen molar-refractivity contribution >= 4 is 22.9 Å². The number of carbonyl (C=O) groups is 1. The Bertz CT molecular complexity index is 826. The van der Waals surface area contributed by atoms with Crippen LogP contribution >= 0.6 is 11.3 Å². The number of nitrogens with zero attached hydrogens (tertiary/aromatic N) is 1. The summed E-state index contributed by atoms with van der Waals surface area (Å²) >= 11 is 1.51. The highest BCUT2D eigenvalue weighted by Crippen LogP contribution is 2.29. The minimum absolute atomic E-state index is 0.162. The van der Waals surface area contributed by atoms with Crippen molar-refractivity contribution in [3.05, 3.63) is 71.4 Å². The first-order valence-corrected chi connectivity index (χ1v) is 7.79. The maximum Gasteiger partial charge on any atom is 0.416 e. The zero-order valence-electron chi connectivity index (χ0n) is 12.2. The van der Waals surface area contributed by atoms with Crippen LogP contribution in [0.1, 0.15) is 15.9 Å². The van der Waals surface area contributed by atoms with Gasteiger partial charge in [0, 0.05) is 17.4 Å². The molecule has 1 aromatic heterocycles. The number of aromatic nitrogens is 1. The minimum Gasteiger partial charge on any atom is -0.322 e. The van der Waals surface area contributed by atoms with Crippen LogP contribution in [0.3, 0.4) is 0 Å². The van der Waals surface area contributed by atoms with Crippen molar-refractivity contribution in [2.45, 2.75) is 6.18 Å². The molecule has 0 fully saturated rings. The number of rotatable bonds is 3. The van der Waals surface area contributed by atoms with Gasteiger partial charge in [0.2, 0.25) is 0 Å². The number of hydrogen-bond donors (Lipinski definition) is 1. The Balaban J connectivity index is 1.70. The standard InChI is InChI=1S/C17H11F3N2OS/c18-17(19,20)13-5-1-12(2-6-13)16(23)22-14-7-3-11(4-8-14)15-9-21-10-24-15/h1-10H,(H,22,23). The van der Waals surface area contributed by atoms with E-state index in [0.717, 1.165) is 34.7 Å². The Hall–Kier alpha value is -2.67. The molecule has 122 valence electrons. The second kappa shape index (κ2) is 6.45. The Kier molecular flexibility index (Phi) is 4.35. The highest BCUT2D eigenvalue weighted by molar-refractivity contribution is 7.13. The highest BCUT2D eigenvalue weighted by Gasteiger charge is 2.30. The molecular weight excluding hydrogens is 337 g/mol. The first-order valence-electron chi connectivity index (χ1n) is 6.91. The average Bonchev–Trinajstić information content (AvgIpc) is 3.09. The lowest BCUT2D eigenvalue weighted by Gasteiger charge is -2.08. The molecule has 0 saturated heterocycles. The maximum absolute atomic E-state index is 12.5. The summed E-state index contributed by atoms with van der Waals surface area (Å²) in [6.45, 7) is 0. The number of anilines is 1. The predicted molar refractivity (Wildman–Crippen MR) is 86.9 cm³/mol. The van der Waals surface area contributed by atoms with Crippen LogP contribution in [0.5, 0.6) is 0 Å². The Morgan fingerprint density at radius 2 is 1.67 bits per heavy atom. The molecule has 1 N–H and O–H groups in total. The highest BCUT2D eigenvalue weighted by atomic mass is 32.1. The summed E-state index contributed by atoms with van der Waals surface area (Å²) in [5.74, 6) is -0.464. The van der Waals surface area contributed by atoms with Gasteiger partial charge in [-0.15, -0.1) is 11.3 Å². The van der Waals surface area contributed by atoms with Gasteiger partial charge in [-0.2, -0.15) is 13.2 Å². The molecule has 0 unspecified atom stereocenters. The van der Waals surface area contributed by atoms with Crippen molar-refractivity contribution in [3.63, 3.8) is 0 Å². The van der Waals surface area contributed by atoms with Gasteiger partial charge >= 0.3 is 6.18 Å². The Morgan fingerprint density at radius 1 is 1.00 bits per heavy atom. The SMILES string of the molecule is O=C(Nc1ccc(-c2cncs2)cc1)c1ccc(C(F)(F)F)cc1. The fraction of sp³-hybridized carbons (Fsp3) is 0.0588. The first-order chi connectivity index (χ1) is 11.4. The molecule has 0 aliphatic rings. The van der Waals surface area contributed by atoms with Gasteiger partial charge in [-0.1, -0.05) is 12.1 Å². The molecule has 7 heteroatoms. The largest absolute Gasteiger partial charge is 0.416 e. The van der Waals surface area contributed by atoms with E-state index in [1.807, 2.05) is 12.1 Å². The number of carbonyl (C=O) groups excluding carboxylic acids is 1. The van der Waals surface area contributed by atoms with Crippen LogP contribution in [0.2, 0.25) is 0 Å². The molecule has 0 aliphatic heterocycles. The van der Waals surface area contributed by atoms with Crippen molar-refractivity contribution in [1.82, 2.24) is 4.98 Å². The molecule has 0 saturated carbocycles. The van der Waals surface area contributed by atoms with E-state index in [9.17, 15) is 18.0 Å². The number of hydrogen-bond acceptors (Lipinski definition) is 3. The number of alkyl halides is 3. The van der Waals surface area contributed by atoms with Gasteiger partial charge in [0.1, 0.15) is 0 Å². The van der Waals surface area contributed by atoms with Crippen LogP contribution in [0.15, 0.2) is 60.2 Å². The fourth-order valence-electron chi connectivity index (χ4n) is 2.09. The van der Waals surface area contributed by atoms with Crippen LogP contribution in [-0.2, 0) is 6.18 Å².